The molecule has 0 fully saturated rings. The summed E-state index contributed by atoms with van der Waals surface area (Å²) in [6, 6.07) is 10.00. The van der Waals surface area contributed by atoms with Crippen LogP contribution in [0.25, 0.3) is 11.3 Å². The van der Waals surface area contributed by atoms with E-state index in [-0.39, 0.29) is 5.56 Å². The van der Waals surface area contributed by atoms with E-state index in [1.807, 2.05) is 0 Å². The summed E-state index contributed by atoms with van der Waals surface area (Å²) in [4.78, 5) is 11.0. The van der Waals surface area contributed by atoms with Crippen molar-refractivity contribution >= 4 is 29.5 Å². The maximum atomic E-state index is 11.0. The van der Waals surface area contributed by atoms with Crippen LogP contribution in [0.15, 0.2) is 58.6 Å². The largest absolute Gasteiger partial charge is 0.478 e. The number of carboxylic acid groups (broad SMARTS) is 1. The van der Waals surface area contributed by atoms with E-state index >= 15 is 0 Å². The van der Waals surface area contributed by atoms with Gasteiger partial charge in [-0.05, 0) is 36.5 Å². The number of thiocarbonyl (C=S) groups is 1. The number of aromatic carboxylic acids is 1. The molecule has 3 N–H and O–H groups in total. The van der Waals surface area contributed by atoms with E-state index in [2.05, 4.69) is 22.4 Å². The fourth-order valence-electron chi connectivity index (χ4n) is 1.74. The van der Waals surface area contributed by atoms with Gasteiger partial charge in [0.2, 0.25) is 0 Å². The van der Waals surface area contributed by atoms with Crippen molar-refractivity contribution in [2.75, 3.05) is 6.54 Å². The third kappa shape index (κ3) is 4.79. The SMILES string of the molecule is C=CCNC(=S)NN=Cc1ccc(-c2cccc(C(=O)O)c2)o1. The molecule has 7 heteroatoms. The Labute approximate surface area is 138 Å². The van der Waals surface area contributed by atoms with Crippen molar-refractivity contribution in [3.05, 3.63) is 60.4 Å². The van der Waals surface area contributed by atoms with Gasteiger partial charge in [-0.1, -0.05) is 18.2 Å². The average molecular weight is 329 g/mol. The van der Waals surface area contributed by atoms with Gasteiger partial charge in [-0.25, -0.2) is 4.79 Å². The molecule has 23 heavy (non-hydrogen) atoms. The van der Waals surface area contributed by atoms with Gasteiger partial charge in [0.25, 0.3) is 0 Å². The Bertz CT molecular complexity index is 753. The molecule has 0 radical (unpaired) electrons. The molecule has 0 atom stereocenters. The first-order valence-corrected chi connectivity index (χ1v) is 7.12. The van der Waals surface area contributed by atoms with Gasteiger partial charge in [-0.15, -0.1) is 6.58 Å². The molecular formula is C16H15N3O3S. The number of benzene rings is 1. The Balaban J connectivity index is 2.03. The van der Waals surface area contributed by atoms with Gasteiger partial charge in [0.05, 0.1) is 11.8 Å². The van der Waals surface area contributed by atoms with Gasteiger partial charge in [0.15, 0.2) is 5.11 Å². The third-order valence-electron chi connectivity index (χ3n) is 2.79. The molecule has 0 saturated heterocycles. The normalized spacial score (nSPS) is 10.4. The number of nitrogens with zero attached hydrogens (tertiary/aromatic N) is 1. The molecule has 0 amide bonds. The Hall–Kier alpha value is -2.93. The first-order valence-electron chi connectivity index (χ1n) is 6.71. The summed E-state index contributed by atoms with van der Waals surface area (Å²) in [5.74, 6) is 0.0894. The zero-order chi connectivity index (χ0) is 16.7. The van der Waals surface area contributed by atoms with Crippen LogP contribution in [0, 0.1) is 0 Å². The Morgan fingerprint density at radius 3 is 2.96 bits per heavy atom. The summed E-state index contributed by atoms with van der Waals surface area (Å²) in [5, 5.41) is 16.2. The lowest BCUT2D eigenvalue weighted by atomic mass is 10.1. The van der Waals surface area contributed by atoms with Crippen LogP contribution in [0.2, 0.25) is 0 Å². The summed E-state index contributed by atoms with van der Waals surface area (Å²) in [6.45, 7) is 4.12. The molecule has 0 saturated carbocycles. The smallest absolute Gasteiger partial charge is 0.335 e. The van der Waals surface area contributed by atoms with Crippen LogP contribution in [-0.2, 0) is 0 Å². The molecule has 2 aromatic rings. The van der Waals surface area contributed by atoms with Crippen molar-refractivity contribution in [3.8, 4) is 11.3 Å². The Kier molecular flexibility index (Phi) is 5.65. The predicted octanol–water partition coefficient (Wildman–Crippen LogP) is 2.63. The summed E-state index contributed by atoms with van der Waals surface area (Å²) in [6.07, 6.45) is 3.16. The molecule has 0 spiro atoms. The maximum Gasteiger partial charge on any atom is 0.335 e. The number of carbonyl (C=O) groups is 1. The van der Waals surface area contributed by atoms with E-state index in [0.29, 0.717) is 28.7 Å². The van der Waals surface area contributed by atoms with Crippen molar-refractivity contribution in [2.24, 2.45) is 5.10 Å². The van der Waals surface area contributed by atoms with E-state index in [1.54, 1.807) is 36.4 Å². The fraction of sp³-hybridized carbons (Fsp3) is 0.0625. The van der Waals surface area contributed by atoms with E-state index < -0.39 is 5.97 Å². The van der Waals surface area contributed by atoms with Crippen molar-refractivity contribution < 1.29 is 14.3 Å². The molecule has 2 rings (SSSR count). The monoisotopic (exact) mass is 329 g/mol. The van der Waals surface area contributed by atoms with Crippen LogP contribution in [0.1, 0.15) is 16.1 Å². The molecule has 0 aliphatic rings. The predicted molar refractivity (Wildman–Crippen MR) is 92.6 cm³/mol. The highest BCUT2D eigenvalue weighted by molar-refractivity contribution is 7.80. The summed E-state index contributed by atoms with van der Waals surface area (Å²) < 4.78 is 5.61. The minimum absolute atomic E-state index is 0.203. The lowest BCUT2D eigenvalue weighted by molar-refractivity contribution is 0.0697. The quantitative estimate of drug-likeness (QED) is 0.327. The molecule has 6 nitrogen and oxygen atoms in total. The Morgan fingerprint density at radius 2 is 2.22 bits per heavy atom. The lowest BCUT2D eigenvalue weighted by Gasteiger charge is -2.02. The summed E-state index contributed by atoms with van der Waals surface area (Å²) in [5.41, 5.74) is 3.53. The molecule has 1 heterocycles. The molecule has 1 aromatic carbocycles. The van der Waals surface area contributed by atoms with Crippen LogP contribution in [0.4, 0.5) is 0 Å². The highest BCUT2D eigenvalue weighted by Gasteiger charge is 2.07. The van der Waals surface area contributed by atoms with Gasteiger partial charge in [-0.3, -0.25) is 5.43 Å². The number of rotatable bonds is 6. The molecule has 0 unspecified atom stereocenters. The standard InChI is InChI=1S/C16H15N3O3S/c1-2-8-17-16(23)19-18-10-13-6-7-14(22-13)11-4-3-5-12(9-11)15(20)21/h2-7,9-10H,1,8H2,(H,20,21)(H2,17,19,23). The topological polar surface area (TPSA) is 86.9 Å². The van der Waals surface area contributed by atoms with Crippen LogP contribution in [0.5, 0.6) is 0 Å². The van der Waals surface area contributed by atoms with E-state index in [0.717, 1.165) is 0 Å². The number of carboxylic acids is 1. The van der Waals surface area contributed by atoms with Gasteiger partial charge in [0.1, 0.15) is 11.5 Å². The van der Waals surface area contributed by atoms with Crippen LogP contribution in [0.3, 0.4) is 0 Å². The lowest BCUT2D eigenvalue weighted by Crippen LogP contribution is -2.31. The van der Waals surface area contributed by atoms with Gasteiger partial charge >= 0.3 is 5.97 Å². The zero-order valence-electron chi connectivity index (χ0n) is 12.2. The number of nitrogens with one attached hydrogen (secondary N) is 2. The third-order valence-corrected chi connectivity index (χ3v) is 3.02. The van der Waals surface area contributed by atoms with Crippen molar-refractivity contribution in [1.29, 1.82) is 0 Å². The fourth-order valence-corrected chi connectivity index (χ4v) is 1.88. The highest BCUT2D eigenvalue weighted by Crippen LogP contribution is 2.22. The van der Waals surface area contributed by atoms with Crippen LogP contribution >= 0.6 is 12.2 Å². The van der Waals surface area contributed by atoms with Crippen molar-refractivity contribution in [1.82, 2.24) is 10.7 Å². The summed E-state index contributed by atoms with van der Waals surface area (Å²) >= 11 is 4.99. The second-order valence-electron chi connectivity index (χ2n) is 4.46. The Morgan fingerprint density at radius 1 is 1.39 bits per heavy atom. The molecule has 0 aliphatic heterocycles. The molecular weight excluding hydrogens is 314 g/mol. The van der Waals surface area contributed by atoms with Crippen LogP contribution < -0.4 is 10.7 Å². The molecule has 118 valence electrons. The minimum atomic E-state index is -0.982. The first kappa shape index (κ1) is 16.4. The van der Waals surface area contributed by atoms with Gasteiger partial charge < -0.3 is 14.8 Å². The number of hydrazone groups is 1. The van der Waals surface area contributed by atoms with Crippen LogP contribution in [-0.4, -0.2) is 28.9 Å². The molecule has 1 aromatic heterocycles. The molecule has 0 aliphatic carbocycles. The summed E-state index contributed by atoms with van der Waals surface area (Å²) in [7, 11) is 0. The van der Waals surface area contributed by atoms with Crippen molar-refractivity contribution in [2.45, 2.75) is 0 Å². The minimum Gasteiger partial charge on any atom is -0.478 e. The molecule has 0 bridgehead atoms. The average Bonchev–Trinajstić information content (AvgIpc) is 3.02. The number of furan rings is 1. The van der Waals surface area contributed by atoms with E-state index in [4.69, 9.17) is 21.7 Å². The second-order valence-corrected chi connectivity index (χ2v) is 4.86. The number of hydrogen-bond acceptors (Lipinski definition) is 4. The van der Waals surface area contributed by atoms with E-state index in [9.17, 15) is 4.79 Å². The van der Waals surface area contributed by atoms with Gasteiger partial charge in [-0.2, -0.15) is 5.10 Å². The highest BCUT2D eigenvalue weighted by atomic mass is 32.1. The maximum absolute atomic E-state index is 11.0. The number of hydrogen-bond donors (Lipinski definition) is 3. The zero-order valence-corrected chi connectivity index (χ0v) is 13.0. The second kappa shape index (κ2) is 7.90. The van der Waals surface area contributed by atoms with E-state index in [1.165, 1.54) is 12.3 Å². The van der Waals surface area contributed by atoms with Gasteiger partial charge in [0, 0.05) is 12.1 Å². The van der Waals surface area contributed by atoms with Crippen molar-refractivity contribution in [3.63, 3.8) is 0 Å². The first-order chi connectivity index (χ1) is 11.1.